The highest BCUT2D eigenvalue weighted by molar-refractivity contribution is 9.10. The second kappa shape index (κ2) is 14.7. The van der Waals surface area contributed by atoms with Crippen molar-refractivity contribution in [1.82, 2.24) is 14.8 Å². The van der Waals surface area contributed by atoms with Crippen LogP contribution < -0.4 is 4.74 Å². The average Bonchev–Trinajstić information content (AvgIpc) is 3.39. The number of benzene rings is 3. The van der Waals surface area contributed by atoms with Crippen molar-refractivity contribution in [3.8, 4) is 5.75 Å². The van der Waals surface area contributed by atoms with Gasteiger partial charge in [-0.2, -0.15) is 0 Å². The lowest BCUT2D eigenvalue weighted by atomic mass is 10.1. The van der Waals surface area contributed by atoms with Crippen LogP contribution in [-0.4, -0.2) is 66.6 Å². The average molecular weight is 607 g/mol. The number of nitrogens with zero attached hydrogens (tertiary/aromatic N) is 2. The number of carbonyl (C=O) groups is 2. The molecule has 1 aromatic heterocycles. The number of ether oxygens (including phenoxy) is 2. The van der Waals surface area contributed by atoms with E-state index in [-0.39, 0.29) is 18.4 Å². The summed E-state index contributed by atoms with van der Waals surface area (Å²) in [6.07, 6.45) is 3.34. The van der Waals surface area contributed by atoms with E-state index in [0.717, 1.165) is 32.3 Å². The van der Waals surface area contributed by atoms with Crippen molar-refractivity contribution in [2.45, 2.75) is 26.3 Å². The number of rotatable bonds is 14. The Labute approximate surface area is 244 Å². The highest BCUT2D eigenvalue weighted by Gasteiger charge is 2.23. The lowest BCUT2D eigenvalue weighted by Gasteiger charge is -2.28. The summed E-state index contributed by atoms with van der Waals surface area (Å²) < 4.78 is 11.7. The van der Waals surface area contributed by atoms with Crippen molar-refractivity contribution in [2.75, 3.05) is 40.0 Å². The molecule has 0 spiro atoms. The van der Waals surface area contributed by atoms with Gasteiger partial charge in [0.25, 0.3) is 5.91 Å². The molecule has 0 radical (unpaired) electrons. The Hall–Kier alpha value is -3.62. The van der Waals surface area contributed by atoms with Gasteiger partial charge in [0, 0.05) is 60.5 Å². The van der Waals surface area contributed by atoms with Crippen LogP contribution >= 0.6 is 15.9 Å². The lowest BCUT2D eigenvalue weighted by Crippen LogP contribution is -2.44. The van der Waals surface area contributed by atoms with Crippen LogP contribution in [0.3, 0.4) is 0 Å². The van der Waals surface area contributed by atoms with Gasteiger partial charge in [0.1, 0.15) is 12.3 Å². The van der Waals surface area contributed by atoms with E-state index in [0.29, 0.717) is 51.3 Å². The van der Waals surface area contributed by atoms with Crippen LogP contribution in [-0.2, 0) is 22.5 Å². The van der Waals surface area contributed by atoms with Gasteiger partial charge in [0.05, 0.1) is 6.61 Å². The molecule has 0 aliphatic heterocycles. The Bertz CT molecular complexity index is 1390. The Balaban J connectivity index is 1.54. The smallest absolute Gasteiger partial charge is 0.254 e. The zero-order valence-electron chi connectivity index (χ0n) is 23.1. The number of para-hydroxylation sites is 1. The van der Waals surface area contributed by atoms with Crippen molar-refractivity contribution in [3.05, 3.63) is 100 Å². The third kappa shape index (κ3) is 7.96. The van der Waals surface area contributed by atoms with Gasteiger partial charge in [-0.3, -0.25) is 9.59 Å². The molecule has 1 heterocycles. The normalized spacial score (nSPS) is 11.0. The third-order valence-corrected chi connectivity index (χ3v) is 7.30. The number of hydrogen-bond acceptors (Lipinski definition) is 4. The fraction of sp³-hybridized carbons (Fsp3) is 0.312. The molecule has 2 amide bonds. The third-order valence-electron chi connectivity index (χ3n) is 6.77. The molecule has 0 aliphatic carbocycles. The number of nitrogens with one attached hydrogen (secondary N) is 1. The summed E-state index contributed by atoms with van der Waals surface area (Å²) in [5.74, 6) is 0.526. The molecular weight excluding hydrogens is 570 g/mol. The molecule has 0 unspecified atom stereocenters. The van der Waals surface area contributed by atoms with Gasteiger partial charge in [0.2, 0.25) is 5.91 Å². The van der Waals surface area contributed by atoms with Crippen LogP contribution in [0.4, 0.5) is 0 Å². The maximum atomic E-state index is 13.8. The monoisotopic (exact) mass is 605 g/mol. The molecular formula is C32H36BrN3O4. The van der Waals surface area contributed by atoms with E-state index in [9.17, 15) is 9.59 Å². The predicted molar refractivity (Wildman–Crippen MR) is 162 cm³/mol. The molecule has 40 heavy (non-hydrogen) atoms. The fourth-order valence-corrected chi connectivity index (χ4v) is 4.92. The van der Waals surface area contributed by atoms with Gasteiger partial charge in [-0.15, -0.1) is 0 Å². The number of aromatic amines is 1. The summed E-state index contributed by atoms with van der Waals surface area (Å²) in [4.78, 5) is 34.1. The highest BCUT2D eigenvalue weighted by atomic mass is 79.9. The zero-order chi connectivity index (χ0) is 28.3. The molecule has 0 bridgehead atoms. The second-order valence-electron chi connectivity index (χ2n) is 9.58. The Morgan fingerprint density at radius 2 is 1.68 bits per heavy atom. The maximum absolute atomic E-state index is 13.8. The summed E-state index contributed by atoms with van der Waals surface area (Å²) in [6, 6.07) is 23.2. The summed E-state index contributed by atoms with van der Waals surface area (Å²) in [5.41, 5.74) is 3.78. The molecule has 8 heteroatoms. The van der Waals surface area contributed by atoms with Gasteiger partial charge in [0.15, 0.2) is 0 Å². The molecule has 0 atom stereocenters. The predicted octanol–water partition coefficient (Wildman–Crippen LogP) is 6.08. The van der Waals surface area contributed by atoms with Gasteiger partial charge >= 0.3 is 0 Å². The standard InChI is InChI=1S/C32H36BrN3O4/c1-3-40-28-15-9-24(10-16-28)22-35(19-17-26-21-34-30-8-5-4-7-29(26)30)31(37)23-36(18-6-20-39-2)32(38)25-11-13-27(33)14-12-25/h4-5,7-16,21,34H,3,6,17-20,22-23H2,1-2H3. The van der Waals surface area contributed by atoms with E-state index in [1.54, 1.807) is 24.1 Å². The van der Waals surface area contributed by atoms with Crippen molar-refractivity contribution >= 4 is 38.6 Å². The largest absolute Gasteiger partial charge is 0.494 e. The van der Waals surface area contributed by atoms with Gasteiger partial charge < -0.3 is 24.3 Å². The molecule has 0 saturated heterocycles. The van der Waals surface area contributed by atoms with Crippen molar-refractivity contribution < 1.29 is 19.1 Å². The Morgan fingerprint density at radius 3 is 2.40 bits per heavy atom. The Morgan fingerprint density at radius 1 is 0.925 bits per heavy atom. The van der Waals surface area contributed by atoms with Gasteiger partial charge in [-0.1, -0.05) is 46.3 Å². The lowest BCUT2D eigenvalue weighted by molar-refractivity contribution is -0.132. The van der Waals surface area contributed by atoms with Crippen molar-refractivity contribution in [1.29, 1.82) is 0 Å². The van der Waals surface area contributed by atoms with E-state index < -0.39 is 0 Å². The molecule has 3 aromatic carbocycles. The zero-order valence-corrected chi connectivity index (χ0v) is 24.7. The second-order valence-corrected chi connectivity index (χ2v) is 10.5. The summed E-state index contributed by atoms with van der Waals surface area (Å²) in [6.45, 7) is 4.43. The maximum Gasteiger partial charge on any atom is 0.254 e. The number of amides is 2. The first-order valence-corrected chi connectivity index (χ1v) is 14.4. The topological polar surface area (TPSA) is 74.9 Å². The molecule has 4 aromatic rings. The van der Waals surface area contributed by atoms with Gasteiger partial charge in [-0.05, 0) is 73.4 Å². The molecule has 0 fully saturated rings. The molecule has 0 saturated carbocycles. The highest BCUT2D eigenvalue weighted by Crippen LogP contribution is 2.20. The van der Waals surface area contributed by atoms with Crippen molar-refractivity contribution in [3.63, 3.8) is 0 Å². The van der Waals surface area contributed by atoms with Crippen LogP contribution in [0.5, 0.6) is 5.75 Å². The molecule has 0 aliphatic rings. The molecule has 1 N–H and O–H groups in total. The van der Waals surface area contributed by atoms with E-state index >= 15 is 0 Å². The molecule has 7 nitrogen and oxygen atoms in total. The van der Waals surface area contributed by atoms with E-state index in [1.165, 1.54) is 0 Å². The number of H-pyrrole nitrogens is 1. The van der Waals surface area contributed by atoms with Crippen LogP contribution in [0, 0.1) is 0 Å². The number of aromatic nitrogens is 1. The fourth-order valence-electron chi connectivity index (χ4n) is 4.65. The Kier molecular flexibility index (Phi) is 10.8. The van der Waals surface area contributed by atoms with Crippen LogP contribution in [0.1, 0.15) is 34.8 Å². The number of halogens is 1. The number of hydrogen-bond donors (Lipinski definition) is 1. The van der Waals surface area contributed by atoms with E-state index in [1.807, 2.05) is 72.6 Å². The quantitative estimate of drug-likeness (QED) is 0.177. The van der Waals surface area contributed by atoms with Crippen LogP contribution in [0.2, 0.25) is 0 Å². The number of fused-ring (bicyclic) bond motifs is 1. The first-order valence-electron chi connectivity index (χ1n) is 13.6. The minimum Gasteiger partial charge on any atom is -0.494 e. The number of methoxy groups -OCH3 is 1. The first-order chi connectivity index (χ1) is 19.5. The van der Waals surface area contributed by atoms with Crippen LogP contribution in [0.25, 0.3) is 10.9 Å². The SMILES string of the molecule is CCOc1ccc(CN(CCc2c[nH]c3ccccc23)C(=O)CN(CCCOC)C(=O)c2ccc(Br)cc2)cc1. The van der Waals surface area contributed by atoms with Crippen molar-refractivity contribution in [2.24, 2.45) is 0 Å². The van der Waals surface area contributed by atoms with Crippen LogP contribution in [0.15, 0.2) is 83.5 Å². The molecule has 210 valence electrons. The minimum absolute atomic E-state index is 0.0104. The molecule has 4 rings (SSSR count). The minimum atomic E-state index is -0.172. The summed E-state index contributed by atoms with van der Waals surface area (Å²) in [7, 11) is 1.63. The number of carbonyl (C=O) groups excluding carboxylic acids is 2. The van der Waals surface area contributed by atoms with Gasteiger partial charge in [-0.25, -0.2) is 0 Å². The van der Waals surface area contributed by atoms with E-state index in [4.69, 9.17) is 9.47 Å². The summed E-state index contributed by atoms with van der Waals surface area (Å²) in [5, 5.41) is 1.16. The van der Waals surface area contributed by atoms with E-state index in [2.05, 4.69) is 27.0 Å². The summed E-state index contributed by atoms with van der Waals surface area (Å²) >= 11 is 3.42. The first kappa shape index (κ1) is 29.4.